The second-order valence-corrected chi connectivity index (χ2v) is 5.87. The molecule has 0 bridgehead atoms. The summed E-state index contributed by atoms with van der Waals surface area (Å²) < 4.78 is 7.07. The molecule has 2 aromatic carbocycles. The third-order valence-corrected chi connectivity index (χ3v) is 3.76. The first-order valence-electron chi connectivity index (χ1n) is 6.01. The molecule has 0 aliphatic rings. The first-order chi connectivity index (χ1) is 8.56. The van der Waals surface area contributed by atoms with Crippen LogP contribution in [0.4, 0.5) is 0 Å². The van der Waals surface area contributed by atoms with Crippen molar-refractivity contribution in [1.82, 2.24) is 0 Å². The maximum Gasteiger partial charge on any atom is 0.119 e. The molecule has 0 aliphatic carbocycles. The van der Waals surface area contributed by atoms with Crippen LogP contribution in [0.2, 0.25) is 0 Å². The van der Waals surface area contributed by atoms with Gasteiger partial charge in [0.2, 0.25) is 0 Å². The van der Waals surface area contributed by atoms with Gasteiger partial charge in [0, 0.05) is 3.57 Å². The van der Waals surface area contributed by atoms with E-state index in [1.807, 2.05) is 12.1 Å². The highest BCUT2D eigenvalue weighted by molar-refractivity contribution is 14.1. The quantitative estimate of drug-likeness (QED) is 0.722. The van der Waals surface area contributed by atoms with Crippen molar-refractivity contribution in [2.24, 2.45) is 0 Å². The Kier molecular flexibility index (Phi) is 4.27. The highest BCUT2D eigenvalue weighted by Crippen LogP contribution is 2.20. The fourth-order valence-corrected chi connectivity index (χ4v) is 2.48. The van der Waals surface area contributed by atoms with Crippen molar-refractivity contribution >= 4 is 22.6 Å². The molecule has 0 aliphatic heterocycles. The average molecular weight is 352 g/mol. The van der Waals surface area contributed by atoms with E-state index in [1.165, 1.54) is 25.8 Å². The Bertz CT molecular complexity index is 521. The lowest BCUT2D eigenvalue weighted by atomic mass is 10.0. The summed E-state index contributed by atoms with van der Waals surface area (Å²) in [5, 5.41) is 0. The van der Waals surface area contributed by atoms with E-state index >= 15 is 0 Å². The van der Waals surface area contributed by atoms with Gasteiger partial charge in [0.25, 0.3) is 0 Å². The van der Waals surface area contributed by atoms with Crippen LogP contribution >= 0.6 is 22.6 Å². The van der Waals surface area contributed by atoms with Gasteiger partial charge < -0.3 is 4.74 Å². The Balaban J connectivity index is 2.13. The normalized spacial score (nSPS) is 10.4. The second kappa shape index (κ2) is 5.74. The molecule has 0 spiro atoms. The summed E-state index contributed by atoms with van der Waals surface area (Å²) >= 11 is 2.30. The summed E-state index contributed by atoms with van der Waals surface area (Å²) in [6, 6.07) is 12.6. The first-order valence-corrected chi connectivity index (χ1v) is 7.09. The Hall–Kier alpha value is -1.03. The standard InChI is InChI=1S/C16H17IO/c1-11-8-12(2)16(13(3)9-11)10-18-15-6-4-14(17)5-7-15/h4-9H,10H2,1-3H3. The van der Waals surface area contributed by atoms with Crippen LogP contribution in [0.1, 0.15) is 22.3 Å². The van der Waals surface area contributed by atoms with Crippen molar-refractivity contribution < 1.29 is 4.74 Å². The average Bonchev–Trinajstić information content (AvgIpc) is 2.30. The van der Waals surface area contributed by atoms with Crippen LogP contribution in [0.15, 0.2) is 36.4 Å². The van der Waals surface area contributed by atoms with E-state index in [-0.39, 0.29) is 0 Å². The molecule has 0 saturated heterocycles. The molecule has 0 aromatic heterocycles. The number of hydrogen-bond donors (Lipinski definition) is 0. The van der Waals surface area contributed by atoms with E-state index in [1.54, 1.807) is 0 Å². The van der Waals surface area contributed by atoms with Crippen molar-refractivity contribution in [1.29, 1.82) is 0 Å². The summed E-state index contributed by atoms with van der Waals surface area (Å²) in [5.74, 6) is 0.926. The summed E-state index contributed by atoms with van der Waals surface area (Å²) in [7, 11) is 0. The van der Waals surface area contributed by atoms with E-state index in [0.717, 1.165) is 5.75 Å². The predicted octanol–water partition coefficient (Wildman–Crippen LogP) is 4.80. The van der Waals surface area contributed by atoms with Gasteiger partial charge >= 0.3 is 0 Å². The maximum absolute atomic E-state index is 5.85. The molecular weight excluding hydrogens is 335 g/mol. The molecule has 0 amide bonds. The van der Waals surface area contributed by atoms with Gasteiger partial charge in [-0.25, -0.2) is 0 Å². The summed E-state index contributed by atoms with van der Waals surface area (Å²) in [6.07, 6.45) is 0. The first kappa shape index (κ1) is 13.4. The lowest BCUT2D eigenvalue weighted by molar-refractivity contribution is 0.304. The van der Waals surface area contributed by atoms with Crippen LogP contribution in [0, 0.1) is 24.3 Å². The third-order valence-electron chi connectivity index (χ3n) is 3.04. The minimum Gasteiger partial charge on any atom is -0.489 e. The van der Waals surface area contributed by atoms with E-state index in [0.29, 0.717) is 6.61 Å². The van der Waals surface area contributed by atoms with Gasteiger partial charge in [-0.05, 0) is 84.3 Å². The molecular formula is C16H17IO. The van der Waals surface area contributed by atoms with Crippen LogP contribution in [0.25, 0.3) is 0 Å². The number of rotatable bonds is 3. The van der Waals surface area contributed by atoms with Gasteiger partial charge in [-0.15, -0.1) is 0 Å². The lowest BCUT2D eigenvalue weighted by Crippen LogP contribution is -2.01. The van der Waals surface area contributed by atoms with Crippen molar-refractivity contribution in [3.8, 4) is 5.75 Å². The monoisotopic (exact) mass is 352 g/mol. The van der Waals surface area contributed by atoms with E-state index in [9.17, 15) is 0 Å². The molecule has 0 saturated carbocycles. The highest BCUT2D eigenvalue weighted by atomic mass is 127. The zero-order valence-electron chi connectivity index (χ0n) is 11.0. The molecule has 2 aromatic rings. The van der Waals surface area contributed by atoms with Gasteiger partial charge in [-0.1, -0.05) is 17.7 Å². The molecule has 1 nitrogen and oxygen atoms in total. The van der Waals surface area contributed by atoms with Gasteiger partial charge in [0.1, 0.15) is 12.4 Å². The second-order valence-electron chi connectivity index (χ2n) is 4.62. The molecule has 0 unspecified atom stereocenters. The number of benzene rings is 2. The zero-order chi connectivity index (χ0) is 13.1. The number of hydrogen-bond acceptors (Lipinski definition) is 1. The van der Waals surface area contributed by atoms with Crippen molar-refractivity contribution in [3.05, 3.63) is 62.2 Å². The van der Waals surface area contributed by atoms with Gasteiger partial charge in [-0.2, -0.15) is 0 Å². The van der Waals surface area contributed by atoms with Crippen LogP contribution < -0.4 is 4.74 Å². The SMILES string of the molecule is Cc1cc(C)c(COc2ccc(I)cc2)c(C)c1. The van der Waals surface area contributed by atoms with Crippen molar-refractivity contribution in [3.63, 3.8) is 0 Å². The number of halogens is 1. The van der Waals surface area contributed by atoms with Gasteiger partial charge in [-0.3, -0.25) is 0 Å². The smallest absolute Gasteiger partial charge is 0.119 e. The Morgan fingerprint density at radius 2 is 1.50 bits per heavy atom. The van der Waals surface area contributed by atoms with Crippen LogP contribution in [-0.2, 0) is 6.61 Å². The molecule has 0 N–H and O–H groups in total. The molecule has 2 rings (SSSR count). The van der Waals surface area contributed by atoms with E-state index < -0.39 is 0 Å². The predicted molar refractivity (Wildman–Crippen MR) is 84.1 cm³/mol. The largest absolute Gasteiger partial charge is 0.489 e. The Morgan fingerprint density at radius 1 is 0.944 bits per heavy atom. The summed E-state index contributed by atoms with van der Waals surface area (Å²) in [6.45, 7) is 7.06. The number of aryl methyl sites for hydroxylation is 3. The highest BCUT2D eigenvalue weighted by Gasteiger charge is 2.04. The minimum absolute atomic E-state index is 0.637. The van der Waals surface area contributed by atoms with Crippen molar-refractivity contribution in [2.75, 3.05) is 0 Å². The molecule has 0 radical (unpaired) electrons. The summed E-state index contributed by atoms with van der Waals surface area (Å²) in [4.78, 5) is 0. The van der Waals surface area contributed by atoms with Gasteiger partial charge in [0.05, 0.1) is 0 Å². The molecule has 0 fully saturated rings. The Labute approximate surface area is 122 Å². The molecule has 18 heavy (non-hydrogen) atoms. The summed E-state index contributed by atoms with van der Waals surface area (Å²) in [5.41, 5.74) is 5.21. The Morgan fingerprint density at radius 3 is 2.06 bits per heavy atom. The van der Waals surface area contributed by atoms with E-state index in [4.69, 9.17) is 4.74 Å². The lowest BCUT2D eigenvalue weighted by Gasteiger charge is -2.12. The maximum atomic E-state index is 5.85. The van der Waals surface area contributed by atoms with Gasteiger partial charge in [0.15, 0.2) is 0 Å². The molecule has 0 atom stereocenters. The zero-order valence-corrected chi connectivity index (χ0v) is 13.1. The van der Waals surface area contributed by atoms with Crippen LogP contribution in [0.3, 0.4) is 0 Å². The van der Waals surface area contributed by atoms with Crippen LogP contribution in [-0.4, -0.2) is 0 Å². The minimum atomic E-state index is 0.637. The third kappa shape index (κ3) is 3.25. The topological polar surface area (TPSA) is 9.23 Å². The van der Waals surface area contributed by atoms with Crippen LogP contribution in [0.5, 0.6) is 5.75 Å². The van der Waals surface area contributed by atoms with E-state index in [2.05, 4.69) is 67.6 Å². The fourth-order valence-electron chi connectivity index (χ4n) is 2.12. The van der Waals surface area contributed by atoms with Crippen molar-refractivity contribution in [2.45, 2.75) is 27.4 Å². The fraction of sp³-hybridized carbons (Fsp3) is 0.250. The molecule has 2 heteroatoms. The number of ether oxygens (including phenoxy) is 1. The molecule has 0 heterocycles. The molecule has 94 valence electrons.